The molecule has 0 bridgehead atoms. The fourth-order valence-corrected chi connectivity index (χ4v) is 2.23. The number of hydrogen-bond donors (Lipinski definition) is 1. The highest BCUT2D eigenvalue weighted by Crippen LogP contribution is 2.21. The van der Waals surface area contributed by atoms with Crippen LogP contribution in [0.25, 0.3) is 11.3 Å². The van der Waals surface area contributed by atoms with Gasteiger partial charge in [-0.3, -0.25) is 0 Å². The van der Waals surface area contributed by atoms with Crippen LogP contribution in [0, 0.1) is 10.5 Å². The van der Waals surface area contributed by atoms with Gasteiger partial charge in [-0.25, -0.2) is 14.2 Å². The predicted molar refractivity (Wildman–Crippen MR) is 80.2 cm³/mol. The molecule has 21 heavy (non-hydrogen) atoms. The number of halogens is 1. The van der Waals surface area contributed by atoms with Gasteiger partial charge in [0.15, 0.2) is 0 Å². The standard InChI is InChI=1S/C15H15FN2O2S/c1-3-4-13-17-12(8-14(21)18-13)9-5-10(15(19)20-2)7-11(16)6-9/h5-8H,3-4H2,1-2H3,(H,17,18,21). The fraction of sp³-hybridized carbons (Fsp3) is 0.267. The molecule has 110 valence electrons. The van der Waals surface area contributed by atoms with E-state index >= 15 is 0 Å². The minimum Gasteiger partial charge on any atom is -0.465 e. The Morgan fingerprint density at radius 2 is 2.14 bits per heavy atom. The highest BCUT2D eigenvalue weighted by Gasteiger charge is 2.11. The highest BCUT2D eigenvalue weighted by atomic mass is 32.1. The summed E-state index contributed by atoms with van der Waals surface area (Å²) in [5.41, 5.74) is 1.31. The van der Waals surface area contributed by atoms with Gasteiger partial charge in [0.25, 0.3) is 0 Å². The van der Waals surface area contributed by atoms with Crippen molar-refractivity contribution in [3.63, 3.8) is 0 Å². The number of aromatic nitrogens is 2. The summed E-state index contributed by atoms with van der Waals surface area (Å²) in [6.45, 7) is 2.03. The second-order valence-electron chi connectivity index (χ2n) is 4.55. The Morgan fingerprint density at radius 3 is 2.81 bits per heavy atom. The molecule has 0 fully saturated rings. The molecule has 1 heterocycles. The fourth-order valence-electron chi connectivity index (χ4n) is 2.00. The van der Waals surface area contributed by atoms with Gasteiger partial charge < -0.3 is 9.72 Å². The molecule has 0 atom stereocenters. The van der Waals surface area contributed by atoms with Crippen molar-refractivity contribution in [2.24, 2.45) is 0 Å². The Balaban J connectivity index is 2.53. The summed E-state index contributed by atoms with van der Waals surface area (Å²) in [5, 5.41) is 0. The van der Waals surface area contributed by atoms with E-state index in [1.807, 2.05) is 6.92 Å². The number of benzene rings is 1. The summed E-state index contributed by atoms with van der Waals surface area (Å²) in [7, 11) is 1.26. The van der Waals surface area contributed by atoms with Crippen LogP contribution in [0.4, 0.5) is 4.39 Å². The van der Waals surface area contributed by atoms with Crippen molar-refractivity contribution in [2.45, 2.75) is 19.8 Å². The maximum Gasteiger partial charge on any atom is 0.337 e. The predicted octanol–water partition coefficient (Wildman–Crippen LogP) is 3.68. The Morgan fingerprint density at radius 1 is 1.38 bits per heavy atom. The number of carbonyl (C=O) groups is 1. The van der Waals surface area contributed by atoms with Gasteiger partial charge in [-0.1, -0.05) is 19.1 Å². The molecule has 4 nitrogen and oxygen atoms in total. The second kappa shape index (κ2) is 6.58. The Bertz CT molecular complexity index is 728. The van der Waals surface area contributed by atoms with Gasteiger partial charge in [0.2, 0.25) is 0 Å². The minimum absolute atomic E-state index is 0.153. The van der Waals surface area contributed by atoms with Crippen LogP contribution in [0.3, 0.4) is 0 Å². The number of nitrogens with zero attached hydrogens (tertiary/aromatic N) is 1. The minimum atomic E-state index is -0.586. The van der Waals surface area contributed by atoms with Crippen LogP contribution in [-0.4, -0.2) is 23.0 Å². The van der Waals surface area contributed by atoms with E-state index in [0.29, 0.717) is 15.9 Å². The average molecular weight is 306 g/mol. The third kappa shape index (κ3) is 3.72. The van der Waals surface area contributed by atoms with Crippen molar-refractivity contribution in [3.05, 3.63) is 46.1 Å². The van der Waals surface area contributed by atoms with Gasteiger partial charge in [0.05, 0.1) is 12.7 Å². The first-order chi connectivity index (χ1) is 10.0. The van der Waals surface area contributed by atoms with E-state index in [1.54, 1.807) is 12.1 Å². The van der Waals surface area contributed by atoms with Gasteiger partial charge in [-0.05, 0) is 30.7 Å². The van der Waals surface area contributed by atoms with Crippen LogP contribution < -0.4 is 0 Å². The summed E-state index contributed by atoms with van der Waals surface area (Å²) < 4.78 is 18.7. The summed E-state index contributed by atoms with van der Waals surface area (Å²) >= 11 is 5.12. The summed E-state index contributed by atoms with van der Waals surface area (Å²) in [6.07, 6.45) is 1.66. The molecule has 0 saturated carbocycles. The average Bonchev–Trinajstić information content (AvgIpc) is 2.45. The first kappa shape index (κ1) is 15.3. The lowest BCUT2D eigenvalue weighted by atomic mass is 10.1. The molecule has 0 radical (unpaired) electrons. The molecular weight excluding hydrogens is 291 g/mol. The van der Waals surface area contributed by atoms with Crippen LogP contribution in [0.2, 0.25) is 0 Å². The number of carbonyl (C=O) groups excluding carboxylic acids is 1. The van der Waals surface area contributed by atoms with Crippen molar-refractivity contribution >= 4 is 18.2 Å². The van der Waals surface area contributed by atoms with Crippen LogP contribution in [0.5, 0.6) is 0 Å². The zero-order valence-electron chi connectivity index (χ0n) is 11.8. The number of rotatable bonds is 4. The zero-order valence-corrected chi connectivity index (χ0v) is 12.6. The molecule has 0 unspecified atom stereocenters. The zero-order chi connectivity index (χ0) is 15.4. The molecule has 1 N–H and O–H groups in total. The number of hydrogen-bond acceptors (Lipinski definition) is 4. The number of H-pyrrole nitrogens is 1. The number of methoxy groups -OCH3 is 1. The van der Waals surface area contributed by atoms with Crippen molar-refractivity contribution in [1.29, 1.82) is 0 Å². The molecule has 0 amide bonds. The molecule has 0 aliphatic carbocycles. The maximum absolute atomic E-state index is 13.7. The smallest absolute Gasteiger partial charge is 0.337 e. The summed E-state index contributed by atoms with van der Waals surface area (Å²) in [4.78, 5) is 18.9. The first-order valence-electron chi connectivity index (χ1n) is 6.53. The van der Waals surface area contributed by atoms with Gasteiger partial charge in [0.1, 0.15) is 16.3 Å². The van der Waals surface area contributed by atoms with Crippen molar-refractivity contribution in [2.75, 3.05) is 7.11 Å². The van der Waals surface area contributed by atoms with E-state index in [0.717, 1.165) is 24.7 Å². The van der Waals surface area contributed by atoms with Gasteiger partial charge in [-0.2, -0.15) is 0 Å². The summed E-state index contributed by atoms with van der Waals surface area (Å²) in [5.74, 6) is -0.359. The lowest BCUT2D eigenvalue weighted by molar-refractivity contribution is 0.0600. The monoisotopic (exact) mass is 306 g/mol. The molecule has 6 heteroatoms. The lowest BCUT2D eigenvalue weighted by Crippen LogP contribution is -2.03. The Hall–Kier alpha value is -2.08. The molecule has 0 saturated heterocycles. The molecule has 2 aromatic rings. The van der Waals surface area contributed by atoms with E-state index in [2.05, 4.69) is 14.7 Å². The molecule has 0 aliphatic rings. The van der Waals surface area contributed by atoms with E-state index in [1.165, 1.54) is 13.2 Å². The lowest BCUT2D eigenvalue weighted by Gasteiger charge is -2.07. The van der Waals surface area contributed by atoms with Crippen LogP contribution in [-0.2, 0) is 11.2 Å². The van der Waals surface area contributed by atoms with Gasteiger partial charge >= 0.3 is 5.97 Å². The third-order valence-electron chi connectivity index (χ3n) is 2.91. The van der Waals surface area contributed by atoms with E-state index in [4.69, 9.17) is 12.2 Å². The van der Waals surface area contributed by atoms with Crippen molar-refractivity contribution in [1.82, 2.24) is 9.97 Å². The molecule has 1 aromatic carbocycles. The SMILES string of the molecule is CCCc1nc(=S)cc(-c2cc(F)cc(C(=O)OC)c2)[nH]1. The van der Waals surface area contributed by atoms with Crippen LogP contribution in [0.15, 0.2) is 24.3 Å². The largest absolute Gasteiger partial charge is 0.465 e. The topological polar surface area (TPSA) is 55.0 Å². The highest BCUT2D eigenvalue weighted by molar-refractivity contribution is 7.71. The normalized spacial score (nSPS) is 10.4. The van der Waals surface area contributed by atoms with E-state index in [-0.39, 0.29) is 5.56 Å². The van der Waals surface area contributed by atoms with Gasteiger partial charge in [0, 0.05) is 17.7 Å². The number of esters is 1. The maximum atomic E-state index is 13.7. The Labute approximate surface area is 127 Å². The molecule has 2 rings (SSSR count). The summed E-state index contributed by atoms with van der Waals surface area (Å²) in [6, 6.07) is 5.68. The quantitative estimate of drug-likeness (QED) is 0.691. The third-order valence-corrected chi connectivity index (χ3v) is 3.12. The number of nitrogens with one attached hydrogen (secondary N) is 1. The number of aromatic amines is 1. The van der Waals surface area contributed by atoms with Gasteiger partial charge in [-0.15, -0.1) is 0 Å². The number of aryl methyl sites for hydroxylation is 1. The van der Waals surface area contributed by atoms with Crippen LogP contribution in [0.1, 0.15) is 29.5 Å². The number of ether oxygens (including phenoxy) is 1. The molecule has 0 spiro atoms. The van der Waals surface area contributed by atoms with E-state index < -0.39 is 11.8 Å². The molecule has 0 aliphatic heterocycles. The molecular formula is C15H15FN2O2S. The van der Waals surface area contributed by atoms with Crippen LogP contribution >= 0.6 is 12.2 Å². The first-order valence-corrected chi connectivity index (χ1v) is 6.94. The Kier molecular flexibility index (Phi) is 4.80. The van der Waals surface area contributed by atoms with Crippen molar-refractivity contribution < 1.29 is 13.9 Å². The second-order valence-corrected chi connectivity index (χ2v) is 4.97. The van der Waals surface area contributed by atoms with Crippen molar-refractivity contribution in [3.8, 4) is 11.3 Å². The molecule has 1 aromatic heterocycles. The van der Waals surface area contributed by atoms with E-state index in [9.17, 15) is 9.18 Å².